The van der Waals surface area contributed by atoms with Gasteiger partial charge < -0.3 is 0 Å². The topological polar surface area (TPSA) is 15.3 Å². The monoisotopic (exact) mass is 472 g/mol. The molecule has 2 rings (SSSR count). The normalized spacial score (nSPS) is 16.8. The predicted octanol–water partition coefficient (Wildman–Crippen LogP) is 8.08. The van der Waals surface area contributed by atoms with E-state index < -0.39 is 6.60 Å². The molecule has 3 heteroatoms. The van der Waals surface area contributed by atoms with Gasteiger partial charge in [-0.05, 0) is 0 Å². The number of aryl methyl sites for hydroxylation is 1. The average Bonchev–Trinajstić information content (AvgIpc) is 3.12. The van der Waals surface area contributed by atoms with E-state index in [9.17, 15) is 0 Å². The summed E-state index contributed by atoms with van der Waals surface area (Å²) in [6.45, 7) is 21.5. The second-order valence-corrected chi connectivity index (χ2v) is 17.8. The van der Waals surface area contributed by atoms with Crippen LogP contribution in [0, 0.1) is 18.8 Å². The quantitative estimate of drug-likeness (QED) is 0.292. The third kappa shape index (κ3) is 6.73. The van der Waals surface area contributed by atoms with Crippen LogP contribution in [0.1, 0.15) is 85.6 Å². The van der Waals surface area contributed by atoms with Crippen LogP contribution in [0.4, 0.5) is 0 Å². The average molecular weight is 473 g/mol. The number of nitrogens with zero attached hydrogens (tertiary/aromatic N) is 1. The van der Waals surface area contributed by atoms with Gasteiger partial charge in [0.15, 0.2) is 0 Å². The van der Waals surface area contributed by atoms with Crippen LogP contribution in [0.25, 0.3) is 0 Å². The van der Waals surface area contributed by atoms with Crippen LogP contribution in [0.2, 0.25) is 0 Å². The summed E-state index contributed by atoms with van der Waals surface area (Å²) in [5.74, 6) is 1.46. The first kappa shape index (κ1) is 28.1. The summed E-state index contributed by atoms with van der Waals surface area (Å²) in [7, 11) is 0. The molecular weight excluding hydrogens is 419 g/mol. The van der Waals surface area contributed by atoms with Crippen LogP contribution in [-0.2, 0) is 0 Å². The fourth-order valence-corrected chi connectivity index (χ4v) is 12.0. The summed E-state index contributed by atoms with van der Waals surface area (Å²) < 4.78 is 0. The van der Waals surface area contributed by atoms with E-state index in [0.29, 0.717) is 5.92 Å². The first-order valence-electron chi connectivity index (χ1n) is 13.6. The van der Waals surface area contributed by atoms with E-state index >= 15 is 0 Å². The third-order valence-electron chi connectivity index (χ3n) is 7.69. The Morgan fingerprint density at radius 1 is 1.09 bits per heavy atom. The maximum absolute atomic E-state index is 3.77. The molecule has 1 aliphatic heterocycles. The number of rotatable bonds is 13. The molecule has 0 bridgehead atoms. The first-order valence-corrected chi connectivity index (χ1v) is 16.9. The minimum atomic E-state index is -2.26. The van der Waals surface area contributed by atoms with E-state index in [2.05, 4.69) is 103 Å². The van der Waals surface area contributed by atoms with Crippen LogP contribution in [-0.4, -0.2) is 37.6 Å². The van der Waals surface area contributed by atoms with Crippen LogP contribution in [0.3, 0.4) is 0 Å². The Morgan fingerprint density at radius 3 is 2.27 bits per heavy atom. The van der Waals surface area contributed by atoms with Gasteiger partial charge in [0.25, 0.3) is 0 Å². The van der Waals surface area contributed by atoms with E-state index in [0.717, 1.165) is 31.8 Å². The minimum absolute atomic E-state index is 0.676. The number of allylic oxidation sites excluding steroid dienone is 2. The zero-order valence-electron chi connectivity index (χ0n) is 23.3. The van der Waals surface area contributed by atoms with Crippen LogP contribution >= 0.6 is 6.60 Å². The zero-order valence-corrected chi connectivity index (χ0v) is 24.2. The molecule has 0 aromatic heterocycles. The molecule has 2 nitrogen and oxygen atoms in total. The van der Waals surface area contributed by atoms with Crippen molar-refractivity contribution in [2.24, 2.45) is 11.8 Å². The molecule has 0 saturated carbocycles. The summed E-state index contributed by atoms with van der Waals surface area (Å²) in [6.07, 6.45) is 11.3. The van der Waals surface area contributed by atoms with Crippen molar-refractivity contribution in [1.82, 2.24) is 10.4 Å². The zero-order chi connectivity index (χ0) is 24.7. The predicted molar refractivity (Wildman–Crippen MR) is 153 cm³/mol. The Balaban J connectivity index is 2.52. The van der Waals surface area contributed by atoms with Gasteiger partial charge in [-0.25, -0.2) is 0 Å². The molecule has 0 saturated heterocycles. The van der Waals surface area contributed by atoms with Gasteiger partial charge in [0.2, 0.25) is 0 Å². The second kappa shape index (κ2) is 12.0. The number of hydrazine groups is 1. The number of hydrogen-bond donors (Lipinski definition) is 1. The molecule has 1 aromatic rings. The fourth-order valence-electron chi connectivity index (χ4n) is 6.26. The molecule has 1 aliphatic rings. The summed E-state index contributed by atoms with van der Waals surface area (Å²) >= 11 is 0. The molecule has 1 N–H and O–H groups in total. The molecule has 0 aliphatic carbocycles. The fraction of sp³-hybridized carbons (Fsp3) is 0.667. The molecule has 1 heterocycles. The van der Waals surface area contributed by atoms with Crippen molar-refractivity contribution in [2.75, 3.05) is 32.6 Å². The molecule has 0 spiro atoms. The molecular formula is C30H53N2P. The Labute approximate surface area is 206 Å². The van der Waals surface area contributed by atoms with Crippen molar-refractivity contribution in [1.29, 1.82) is 0 Å². The van der Waals surface area contributed by atoms with Gasteiger partial charge in [0.1, 0.15) is 0 Å². The Morgan fingerprint density at radius 2 is 1.76 bits per heavy atom. The number of benzene rings is 1. The van der Waals surface area contributed by atoms with E-state index in [-0.39, 0.29) is 0 Å². The SMILES string of the molecule is CCCC(CCC)CN1NCC(/C=C(\CC)P(C)(C)(CC(C)C)c2cccc(C)c2)=C1CC. The molecule has 0 fully saturated rings. The van der Waals surface area contributed by atoms with Gasteiger partial charge in [-0.2, -0.15) is 0 Å². The van der Waals surface area contributed by atoms with E-state index in [1.54, 1.807) is 10.6 Å². The van der Waals surface area contributed by atoms with E-state index in [1.165, 1.54) is 48.7 Å². The molecule has 0 unspecified atom stereocenters. The summed E-state index contributed by atoms with van der Waals surface area (Å²) in [6, 6.07) is 9.39. The van der Waals surface area contributed by atoms with Crippen molar-refractivity contribution in [3.8, 4) is 0 Å². The van der Waals surface area contributed by atoms with Gasteiger partial charge in [-0.1, -0.05) is 0 Å². The van der Waals surface area contributed by atoms with Crippen molar-refractivity contribution >= 4 is 11.9 Å². The van der Waals surface area contributed by atoms with Crippen LogP contribution < -0.4 is 10.7 Å². The first-order chi connectivity index (χ1) is 15.6. The standard InChI is InChI=1S/C30H53N2P/c1-10-15-26(16-11-2)22-32-30(13-4)27(21-31-32)20-28(12-3)33(8,9,23-24(5)6)29-18-14-17-25(7)19-29/h14,17-20,24,26,31H,10-13,15-16,21-23H2,1-9H3/b28-20+. The summed E-state index contributed by atoms with van der Waals surface area (Å²) in [5.41, 5.74) is 8.19. The van der Waals surface area contributed by atoms with Crippen molar-refractivity contribution in [2.45, 2.75) is 87.0 Å². The molecule has 33 heavy (non-hydrogen) atoms. The van der Waals surface area contributed by atoms with E-state index in [1.807, 2.05) is 0 Å². The van der Waals surface area contributed by atoms with Gasteiger partial charge in [0.05, 0.1) is 0 Å². The Bertz CT molecular complexity index is 827. The molecule has 0 amide bonds. The van der Waals surface area contributed by atoms with Gasteiger partial charge in [-0.15, -0.1) is 0 Å². The van der Waals surface area contributed by atoms with Crippen LogP contribution in [0.5, 0.6) is 0 Å². The van der Waals surface area contributed by atoms with Crippen LogP contribution in [0.15, 0.2) is 46.9 Å². The van der Waals surface area contributed by atoms with Crippen molar-refractivity contribution < 1.29 is 0 Å². The molecule has 188 valence electrons. The van der Waals surface area contributed by atoms with Gasteiger partial charge >= 0.3 is 206 Å². The Kier molecular flexibility index (Phi) is 10.3. The molecule has 0 atom stereocenters. The summed E-state index contributed by atoms with van der Waals surface area (Å²) in [5, 5.41) is 5.77. The molecule has 1 aromatic carbocycles. The number of hydrogen-bond acceptors (Lipinski definition) is 2. The Hall–Kier alpha value is -1.11. The maximum atomic E-state index is 3.77. The van der Waals surface area contributed by atoms with E-state index in [4.69, 9.17) is 0 Å². The molecule has 0 radical (unpaired) electrons. The van der Waals surface area contributed by atoms with Gasteiger partial charge in [0, 0.05) is 0 Å². The third-order valence-corrected chi connectivity index (χ3v) is 13.7. The van der Waals surface area contributed by atoms with Crippen molar-refractivity contribution in [3.05, 3.63) is 52.5 Å². The number of nitrogens with one attached hydrogen (secondary N) is 1. The van der Waals surface area contributed by atoms with Gasteiger partial charge in [-0.3, -0.25) is 0 Å². The van der Waals surface area contributed by atoms with Crippen molar-refractivity contribution in [3.63, 3.8) is 0 Å². The summed E-state index contributed by atoms with van der Waals surface area (Å²) in [4.78, 5) is 0. The second-order valence-electron chi connectivity index (χ2n) is 11.5.